The fourth-order valence-corrected chi connectivity index (χ4v) is 1.81. The molecule has 1 heterocycles. The van der Waals surface area contributed by atoms with Crippen molar-refractivity contribution in [2.24, 2.45) is 0 Å². The minimum atomic E-state index is -0.453. The van der Waals surface area contributed by atoms with Gasteiger partial charge in [-0.15, -0.1) is 0 Å². The smallest absolute Gasteiger partial charge is 0.225 e. The molecule has 0 spiro atoms. The average molecular weight is 230 g/mol. The van der Waals surface area contributed by atoms with Crippen LogP contribution in [-0.2, 0) is 9.53 Å². The number of carbonyl (C=O) groups excluding carboxylic acids is 1. The van der Waals surface area contributed by atoms with Gasteiger partial charge in [0.25, 0.3) is 0 Å². The van der Waals surface area contributed by atoms with Gasteiger partial charge in [0.05, 0.1) is 25.2 Å². The molecule has 1 amide bonds. The molecule has 0 saturated carbocycles. The molecule has 0 aliphatic carbocycles. The molecule has 0 bridgehead atoms. The van der Waals surface area contributed by atoms with Crippen molar-refractivity contribution >= 4 is 5.91 Å². The predicted molar refractivity (Wildman–Crippen MR) is 61.2 cm³/mol. The van der Waals surface area contributed by atoms with Crippen LogP contribution in [0.4, 0.5) is 0 Å². The highest BCUT2D eigenvalue weighted by Crippen LogP contribution is 2.08. The van der Waals surface area contributed by atoms with E-state index in [-0.39, 0.29) is 11.9 Å². The van der Waals surface area contributed by atoms with Crippen molar-refractivity contribution in [1.29, 1.82) is 0 Å². The Bertz CT molecular complexity index is 223. The molecule has 1 fully saturated rings. The van der Waals surface area contributed by atoms with Crippen molar-refractivity contribution in [3.05, 3.63) is 0 Å². The summed E-state index contributed by atoms with van der Waals surface area (Å²) in [6, 6.07) is -0.0984. The van der Waals surface area contributed by atoms with Crippen molar-refractivity contribution in [3.63, 3.8) is 0 Å². The Hall–Kier alpha value is -0.650. The first-order chi connectivity index (χ1) is 7.66. The lowest BCUT2D eigenvalue weighted by Crippen LogP contribution is -2.44. The van der Waals surface area contributed by atoms with Gasteiger partial charge in [-0.2, -0.15) is 0 Å². The number of nitrogens with one attached hydrogen (secondary N) is 1. The maximum atomic E-state index is 11.7. The minimum absolute atomic E-state index is 0.0313. The van der Waals surface area contributed by atoms with Crippen LogP contribution in [0.1, 0.15) is 19.8 Å². The Labute approximate surface area is 96.8 Å². The molecule has 1 aliphatic rings. The zero-order valence-electron chi connectivity index (χ0n) is 10.1. The van der Waals surface area contributed by atoms with Gasteiger partial charge >= 0.3 is 0 Å². The molecule has 5 heteroatoms. The van der Waals surface area contributed by atoms with Crippen molar-refractivity contribution in [2.45, 2.75) is 31.9 Å². The number of ether oxygens (including phenoxy) is 1. The monoisotopic (exact) mass is 230 g/mol. The van der Waals surface area contributed by atoms with E-state index in [0.717, 1.165) is 6.42 Å². The Morgan fingerprint density at radius 1 is 1.50 bits per heavy atom. The molecule has 0 unspecified atom stereocenters. The van der Waals surface area contributed by atoms with E-state index < -0.39 is 6.10 Å². The van der Waals surface area contributed by atoms with Crippen LogP contribution in [0.3, 0.4) is 0 Å². The van der Waals surface area contributed by atoms with Crippen LogP contribution < -0.4 is 5.32 Å². The Kier molecular flexibility index (Phi) is 5.73. The van der Waals surface area contributed by atoms with Crippen LogP contribution in [-0.4, -0.2) is 61.4 Å². The number of amides is 1. The van der Waals surface area contributed by atoms with Crippen molar-refractivity contribution in [2.75, 3.05) is 33.4 Å². The minimum Gasteiger partial charge on any atom is -0.390 e. The number of nitrogens with zero attached hydrogens (tertiary/aromatic N) is 1. The van der Waals surface area contributed by atoms with Crippen LogP contribution >= 0.6 is 0 Å². The summed E-state index contributed by atoms with van der Waals surface area (Å²) in [6.45, 7) is 4.43. The SMILES string of the molecule is CCCOCCC(=O)N(C)[C@@H]1CNC[C@H]1O. The molecule has 1 rings (SSSR count). The number of hydrogen-bond acceptors (Lipinski definition) is 4. The van der Waals surface area contributed by atoms with E-state index in [1.807, 2.05) is 6.92 Å². The van der Waals surface area contributed by atoms with E-state index in [1.54, 1.807) is 11.9 Å². The molecule has 0 aromatic rings. The van der Waals surface area contributed by atoms with Crippen LogP contribution in [0, 0.1) is 0 Å². The largest absolute Gasteiger partial charge is 0.390 e. The number of hydrogen-bond donors (Lipinski definition) is 2. The lowest BCUT2D eigenvalue weighted by Gasteiger charge is -2.26. The second-order valence-electron chi connectivity index (χ2n) is 4.16. The molecule has 16 heavy (non-hydrogen) atoms. The van der Waals surface area contributed by atoms with Gasteiger partial charge in [-0.25, -0.2) is 0 Å². The number of aliphatic hydroxyl groups is 1. The topological polar surface area (TPSA) is 61.8 Å². The number of β-amino-alcohol motifs (C(OH)–C–C–N with tert-alkyl or cyclic N) is 1. The molecule has 0 aromatic heterocycles. The zero-order valence-corrected chi connectivity index (χ0v) is 10.1. The maximum Gasteiger partial charge on any atom is 0.225 e. The van der Waals surface area contributed by atoms with E-state index in [9.17, 15) is 9.90 Å². The molecule has 5 nitrogen and oxygen atoms in total. The lowest BCUT2D eigenvalue weighted by molar-refractivity contribution is -0.134. The Morgan fingerprint density at radius 3 is 2.81 bits per heavy atom. The summed E-state index contributed by atoms with van der Waals surface area (Å²) < 4.78 is 5.27. The highest BCUT2D eigenvalue weighted by Gasteiger charge is 2.30. The van der Waals surface area contributed by atoms with Gasteiger partial charge in [-0.05, 0) is 6.42 Å². The van der Waals surface area contributed by atoms with Crippen molar-refractivity contribution in [1.82, 2.24) is 10.2 Å². The molecule has 94 valence electrons. The lowest BCUT2D eigenvalue weighted by atomic mass is 10.2. The van der Waals surface area contributed by atoms with Crippen LogP contribution in [0.2, 0.25) is 0 Å². The molecular weight excluding hydrogens is 208 g/mol. The van der Waals surface area contributed by atoms with Crippen molar-refractivity contribution in [3.8, 4) is 0 Å². The summed E-state index contributed by atoms with van der Waals surface area (Å²) in [4.78, 5) is 13.4. The summed E-state index contributed by atoms with van der Waals surface area (Å²) in [5.41, 5.74) is 0. The van der Waals surface area contributed by atoms with Gasteiger partial charge in [-0.1, -0.05) is 6.92 Å². The number of likely N-dealkylation sites (N-methyl/N-ethyl adjacent to an activating group) is 1. The van der Waals surface area contributed by atoms with Gasteiger partial charge in [0.15, 0.2) is 0 Å². The predicted octanol–water partition coefficient (Wildman–Crippen LogP) is -0.406. The normalized spacial score (nSPS) is 24.7. The summed E-state index contributed by atoms with van der Waals surface area (Å²) in [7, 11) is 1.74. The van der Waals surface area contributed by atoms with E-state index in [1.165, 1.54) is 0 Å². The molecule has 0 aromatic carbocycles. The zero-order chi connectivity index (χ0) is 12.0. The standard InChI is InChI=1S/C11H22N2O3/c1-3-5-16-6-4-11(15)13(2)9-7-12-8-10(9)14/h9-10,12,14H,3-8H2,1-2H3/t9-,10-/m1/s1. The van der Waals surface area contributed by atoms with Gasteiger partial charge in [-0.3, -0.25) is 4.79 Å². The second kappa shape index (κ2) is 6.83. The van der Waals surface area contributed by atoms with Gasteiger partial charge in [0.2, 0.25) is 5.91 Å². The maximum absolute atomic E-state index is 11.7. The van der Waals surface area contributed by atoms with E-state index in [2.05, 4.69) is 5.32 Å². The summed E-state index contributed by atoms with van der Waals surface area (Å²) in [5, 5.41) is 12.7. The van der Waals surface area contributed by atoms with Crippen LogP contribution in [0.5, 0.6) is 0 Å². The third-order valence-electron chi connectivity index (χ3n) is 2.85. The number of aliphatic hydroxyl groups excluding tert-OH is 1. The van der Waals surface area contributed by atoms with Crippen LogP contribution in [0.15, 0.2) is 0 Å². The highest BCUT2D eigenvalue weighted by molar-refractivity contribution is 5.76. The first-order valence-electron chi connectivity index (χ1n) is 5.89. The van der Waals surface area contributed by atoms with E-state index in [0.29, 0.717) is 32.7 Å². The summed E-state index contributed by atoms with van der Waals surface area (Å²) in [6.07, 6.45) is 0.903. The molecule has 2 atom stereocenters. The molecular formula is C11H22N2O3. The molecule has 2 N–H and O–H groups in total. The second-order valence-corrected chi connectivity index (χ2v) is 4.16. The first-order valence-corrected chi connectivity index (χ1v) is 5.89. The highest BCUT2D eigenvalue weighted by atomic mass is 16.5. The van der Waals surface area contributed by atoms with Gasteiger partial charge < -0.3 is 20.1 Å². The molecule has 1 aliphatic heterocycles. The fourth-order valence-electron chi connectivity index (χ4n) is 1.81. The number of rotatable bonds is 6. The third kappa shape index (κ3) is 3.73. The first kappa shape index (κ1) is 13.4. The van der Waals surface area contributed by atoms with Crippen LogP contribution in [0.25, 0.3) is 0 Å². The number of carbonyl (C=O) groups is 1. The van der Waals surface area contributed by atoms with Gasteiger partial charge in [0.1, 0.15) is 0 Å². The quantitative estimate of drug-likeness (QED) is 0.609. The third-order valence-corrected chi connectivity index (χ3v) is 2.85. The summed E-state index contributed by atoms with van der Waals surface area (Å²) in [5.74, 6) is 0.0313. The van der Waals surface area contributed by atoms with Crippen molar-refractivity contribution < 1.29 is 14.6 Å². The van der Waals surface area contributed by atoms with Gasteiger partial charge in [0, 0.05) is 26.7 Å². The van der Waals surface area contributed by atoms with E-state index >= 15 is 0 Å². The molecule has 1 saturated heterocycles. The Balaban J connectivity index is 2.24. The summed E-state index contributed by atoms with van der Waals surface area (Å²) >= 11 is 0. The Morgan fingerprint density at radius 2 is 2.25 bits per heavy atom. The van der Waals surface area contributed by atoms with E-state index in [4.69, 9.17) is 4.74 Å². The fraction of sp³-hybridized carbons (Fsp3) is 0.909. The average Bonchev–Trinajstić information content (AvgIpc) is 2.69. The molecule has 0 radical (unpaired) electrons.